The van der Waals surface area contributed by atoms with Crippen molar-refractivity contribution in [3.05, 3.63) is 53.7 Å². The van der Waals surface area contributed by atoms with E-state index in [1.165, 1.54) is 4.31 Å². The molecule has 1 aromatic heterocycles. The number of nitrogens with one attached hydrogen (secondary N) is 1. The Hall–Kier alpha value is -2.45. The fraction of sp³-hybridized carbons (Fsp3) is 0.478. The number of aryl methyl sites for hydroxylation is 2. The van der Waals surface area contributed by atoms with Gasteiger partial charge in [-0.2, -0.15) is 4.31 Å². The quantitative estimate of drug-likeness (QED) is 0.710. The molecular formula is C23H29N3O4S. The topological polar surface area (TPSA) is 88.6 Å². The van der Waals surface area contributed by atoms with Gasteiger partial charge < -0.3 is 10.1 Å². The summed E-state index contributed by atoms with van der Waals surface area (Å²) in [6.45, 7) is 8.76. The van der Waals surface area contributed by atoms with Crippen LogP contribution in [-0.2, 0) is 14.8 Å². The van der Waals surface area contributed by atoms with Crippen LogP contribution in [-0.4, -0.2) is 48.8 Å². The van der Waals surface area contributed by atoms with Crippen molar-refractivity contribution in [2.45, 2.75) is 38.1 Å². The zero-order chi connectivity index (χ0) is 22.4. The molecule has 3 atom stereocenters. The number of carbonyl (C=O) groups excluding carboxylic acids is 1. The summed E-state index contributed by atoms with van der Waals surface area (Å²) in [7, 11) is -3.51. The number of rotatable bonds is 7. The van der Waals surface area contributed by atoms with Gasteiger partial charge in [0.1, 0.15) is 6.61 Å². The van der Waals surface area contributed by atoms with E-state index >= 15 is 0 Å². The summed E-state index contributed by atoms with van der Waals surface area (Å²) in [5.41, 5.74) is 1.40. The third-order valence-corrected chi connectivity index (χ3v) is 7.96. The average Bonchev–Trinajstić information content (AvgIpc) is 3.21. The van der Waals surface area contributed by atoms with Crippen molar-refractivity contribution >= 4 is 15.9 Å². The fourth-order valence-electron chi connectivity index (χ4n) is 4.26. The van der Waals surface area contributed by atoms with Crippen molar-refractivity contribution in [2.24, 2.45) is 17.8 Å². The Bertz CT molecular complexity index is 1070. The Labute approximate surface area is 183 Å². The molecule has 2 fully saturated rings. The molecule has 1 aromatic carbocycles. The van der Waals surface area contributed by atoms with E-state index in [0.29, 0.717) is 30.5 Å². The number of fused-ring (bicyclic) bond motifs is 1. The Morgan fingerprint density at radius 1 is 1.16 bits per heavy atom. The zero-order valence-corrected chi connectivity index (χ0v) is 19.1. The summed E-state index contributed by atoms with van der Waals surface area (Å²) in [4.78, 5) is 17.4. The molecule has 31 heavy (non-hydrogen) atoms. The average molecular weight is 444 g/mol. The molecule has 1 saturated carbocycles. The van der Waals surface area contributed by atoms with Crippen molar-refractivity contribution in [1.29, 1.82) is 0 Å². The van der Waals surface area contributed by atoms with E-state index < -0.39 is 15.6 Å². The maximum absolute atomic E-state index is 12.9. The van der Waals surface area contributed by atoms with Gasteiger partial charge in [0.15, 0.2) is 0 Å². The third-order valence-electron chi connectivity index (χ3n) is 6.11. The first-order valence-corrected chi connectivity index (χ1v) is 12.0. The van der Waals surface area contributed by atoms with E-state index in [1.807, 2.05) is 39.8 Å². The van der Waals surface area contributed by atoms with Gasteiger partial charge in [-0.15, -0.1) is 0 Å². The van der Waals surface area contributed by atoms with E-state index in [2.05, 4.69) is 10.3 Å². The molecule has 4 rings (SSSR count). The van der Waals surface area contributed by atoms with Gasteiger partial charge in [-0.1, -0.05) is 23.8 Å². The SMILES string of the molecule is Cc1ccc(S(=O)(=O)N2CC3C(C(=O)NC(C)(C)COc4ncccc4C)[C@H]3C2)cc1. The summed E-state index contributed by atoms with van der Waals surface area (Å²) in [6, 6.07) is 10.7. The maximum Gasteiger partial charge on any atom is 0.243 e. The molecule has 2 aromatic rings. The largest absolute Gasteiger partial charge is 0.475 e. The van der Waals surface area contributed by atoms with Gasteiger partial charge in [-0.05, 0) is 57.7 Å². The first kappa shape index (κ1) is 21.8. The Morgan fingerprint density at radius 3 is 2.42 bits per heavy atom. The highest BCUT2D eigenvalue weighted by atomic mass is 32.2. The number of carbonyl (C=O) groups is 1. The number of piperidine rings is 1. The van der Waals surface area contributed by atoms with Gasteiger partial charge in [0, 0.05) is 30.8 Å². The molecule has 2 aliphatic rings. The van der Waals surface area contributed by atoms with E-state index in [9.17, 15) is 13.2 Å². The minimum Gasteiger partial charge on any atom is -0.475 e. The second-order valence-corrected chi connectivity index (χ2v) is 11.2. The molecule has 1 saturated heterocycles. The molecule has 0 bridgehead atoms. The lowest BCUT2D eigenvalue weighted by Crippen LogP contribution is -2.49. The van der Waals surface area contributed by atoms with Gasteiger partial charge >= 0.3 is 0 Å². The Balaban J connectivity index is 1.31. The smallest absolute Gasteiger partial charge is 0.243 e. The van der Waals surface area contributed by atoms with Gasteiger partial charge in [-0.3, -0.25) is 4.79 Å². The van der Waals surface area contributed by atoms with Crippen molar-refractivity contribution in [3.63, 3.8) is 0 Å². The molecule has 7 nitrogen and oxygen atoms in total. The number of sulfonamides is 1. The summed E-state index contributed by atoms with van der Waals surface area (Å²) in [5.74, 6) is 0.545. The molecule has 2 heterocycles. The molecule has 1 N–H and O–H groups in total. The summed E-state index contributed by atoms with van der Waals surface area (Å²) in [5, 5.41) is 3.07. The van der Waals surface area contributed by atoms with E-state index in [0.717, 1.165) is 11.1 Å². The van der Waals surface area contributed by atoms with Gasteiger partial charge in [0.25, 0.3) is 0 Å². The molecule has 1 amide bonds. The fourth-order valence-corrected chi connectivity index (χ4v) is 5.77. The van der Waals surface area contributed by atoms with Gasteiger partial charge in [0.2, 0.25) is 21.8 Å². The standard InChI is InChI=1S/C23H29N3O4S/c1-15-7-9-17(10-8-15)31(28,29)26-12-18-19(13-26)20(18)21(27)25-23(3,4)14-30-22-16(2)6-5-11-24-22/h5-11,18-20H,12-14H2,1-4H3,(H,25,27)/t18-,19?,20?/m0/s1. The van der Waals surface area contributed by atoms with Gasteiger partial charge in [0.05, 0.1) is 10.4 Å². The molecule has 0 spiro atoms. The number of nitrogens with zero attached hydrogens (tertiary/aromatic N) is 2. The van der Waals surface area contributed by atoms with Crippen molar-refractivity contribution in [2.75, 3.05) is 19.7 Å². The highest BCUT2D eigenvalue weighted by Gasteiger charge is 2.61. The van der Waals surface area contributed by atoms with Crippen LogP contribution in [0.25, 0.3) is 0 Å². The van der Waals surface area contributed by atoms with Crippen LogP contribution < -0.4 is 10.1 Å². The number of hydrogen-bond acceptors (Lipinski definition) is 5. The molecule has 8 heteroatoms. The van der Waals surface area contributed by atoms with E-state index in [-0.39, 0.29) is 23.7 Å². The normalized spacial score (nSPS) is 23.3. The summed E-state index contributed by atoms with van der Waals surface area (Å²) < 4.78 is 33.0. The Kier molecular flexibility index (Phi) is 5.55. The number of hydrogen-bond donors (Lipinski definition) is 1. The van der Waals surface area contributed by atoms with Crippen LogP contribution in [0.4, 0.5) is 0 Å². The number of ether oxygens (including phenoxy) is 1. The predicted octanol–water partition coefficient (Wildman–Crippen LogP) is 2.54. The molecular weight excluding hydrogens is 414 g/mol. The predicted molar refractivity (Wildman–Crippen MR) is 117 cm³/mol. The molecule has 2 unspecified atom stereocenters. The highest BCUT2D eigenvalue weighted by molar-refractivity contribution is 7.89. The first-order chi connectivity index (χ1) is 14.6. The van der Waals surface area contributed by atoms with Crippen molar-refractivity contribution in [1.82, 2.24) is 14.6 Å². The molecule has 0 radical (unpaired) electrons. The molecule has 166 valence electrons. The number of amides is 1. The van der Waals surface area contributed by atoms with Crippen molar-refractivity contribution < 1.29 is 17.9 Å². The van der Waals surface area contributed by atoms with Crippen LogP contribution in [0.3, 0.4) is 0 Å². The monoisotopic (exact) mass is 443 g/mol. The third kappa shape index (κ3) is 4.45. The van der Waals surface area contributed by atoms with Crippen LogP contribution in [0, 0.1) is 31.6 Å². The number of pyridine rings is 1. The number of benzene rings is 1. The van der Waals surface area contributed by atoms with Gasteiger partial charge in [-0.25, -0.2) is 13.4 Å². The second-order valence-electron chi connectivity index (χ2n) is 9.28. The van der Waals surface area contributed by atoms with Crippen LogP contribution >= 0.6 is 0 Å². The van der Waals surface area contributed by atoms with Crippen LogP contribution in [0.1, 0.15) is 25.0 Å². The highest BCUT2D eigenvalue weighted by Crippen LogP contribution is 2.53. The first-order valence-electron chi connectivity index (χ1n) is 10.5. The van der Waals surface area contributed by atoms with E-state index in [4.69, 9.17) is 4.74 Å². The summed E-state index contributed by atoms with van der Waals surface area (Å²) in [6.07, 6.45) is 1.68. The van der Waals surface area contributed by atoms with Crippen LogP contribution in [0.5, 0.6) is 5.88 Å². The lowest BCUT2D eigenvalue weighted by molar-refractivity contribution is -0.125. The number of aromatic nitrogens is 1. The minimum absolute atomic E-state index is 0.0336. The van der Waals surface area contributed by atoms with Crippen LogP contribution in [0.2, 0.25) is 0 Å². The maximum atomic E-state index is 12.9. The Morgan fingerprint density at radius 2 is 1.81 bits per heavy atom. The van der Waals surface area contributed by atoms with Crippen LogP contribution in [0.15, 0.2) is 47.5 Å². The summed E-state index contributed by atoms with van der Waals surface area (Å²) >= 11 is 0. The second kappa shape index (κ2) is 7.91. The minimum atomic E-state index is -3.51. The van der Waals surface area contributed by atoms with Crippen molar-refractivity contribution in [3.8, 4) is 5.88 Å². The molecule has 1 aliphatic heterocycles. The lowest BCUT2D eigenvalue weighted by atomic mass is 10.1. The zero-order valence-electron chi connectivity index (χ0n) is 18.3. The lowest BCUT2D eigenvalue weighted by Gasteiger charge is -2.27. The molecule has 1 aliphatic carbocycles. The van der Waals surface area contributed by atoms with E-state index in [1.54, 1.807) is 30.5 Å².